The molecular formula is C26H28ClNO4S. The van der Waals surface area contributed by atoms with E-state index < -0.39 is 12.1 Å². The van der Waals surface area contributed by atoms with E-state index >= 15 is 0 Å². The molecule has 1 amide bonds. The molecule has 2 aromatic carbocycles. The van der Waals surface area contributed by atoms with Gasteiger partial charge < -0.3 is 14.8 Å². The number of esters is 1. The molecule has 1 aromatic heterocycles. The van der Waals surface area contributed by atoms with Gasteiger partial charge in [-0.3, -0.25) is 4.79 Å². The van der Waals surface area contributed by atoms with E-state index in [9.17, 15) is 9.59 Å². The Morgan fingerprint density at radius 1 is 1.03 bits per heavy atom. The quantitative estimate of drug-likeness (QED) is 0.370. The zero-order valence-electron chi connectivity index (χ0n) is 19.7. The summed E-state index contributed by atoms with van der Waals surface area (Å²) in [6.45, 7) is 11.5. The van der Waals surface area contributed by atoms with Crippen molar-refractivity contribution in [3.8, 4) is 16.9 Å². The van der Waals surface area contributed by atoms with E-state index in [1.165, 1.54) is 16.9 Å². The molecule has 3 aromatic rings. The molecule has 174 valence electrons. The molecule has 0 saturated heterocycles. The molecule has 1 unspecified atom stereocenters. The highest BCUT2D eigenvalue weighted by atomic mass is 35.5. The minimum Gasteiger partial charge on any atom is -0.481 e. The second-order valence-electron chi connectivity index (χ2n) is 7.99. The molecule has 0 radical (unpaired) electrons. The summed E-state index contributed by atoms with van der Waals surface area (Å²) in [7, 11) is 0. The number of rotatable bonds is 7. The van der Waals surface area contributed by atoms with Gasteiger partial charge in [0.15, 0.2) is 6.10 Å². The van der Waals surface area contributed by atoms with Crippen molar-refractivity contribution in [2.24, 2.45) is 0 Å². The number of thiophene rings is 1. The van der Waals surface area contributed by atoms with Crippen LogP contribution in [0.15, 0.2) is 35.7 Å². The van der Waals surface area contributed by atoms with E-state index in [0.29, 0.717) is 21.3 Å². The van der Waals surface area contributed by atoms with E-state index in [1.54, 1.807) is 26.0 Å². The minimum absolute atomic E-state index is 0.239. The number of benzene rings is 2. The monoisotopic (exact) mass is 485 g/mol. The normalized spacial score (nSPS) is 11.7. The molecule has 0 fully saturated rings. The summed E-state index contributed by atoms with van der Waals surface area (Å²) in [6, 6.07) is 9.61. The van der Waals surface area contributed by atoms with Crippen molar-refractivity contribution < 1.29 is 19.1 Å². The Kier molecular flexibility index (Phi) is 7.82. The molecule has 0 aliphatic carbocycles. The van der Waals surface area contributed by atoms with Crippen LogP contribution in [0, 0.1) is 27.7 Å². The first-order valence-corrected chi connectivity index (χ1v) is 12.0. The summed E-state index contributed by atoms with van der Waals surface area (Å²) < 4.78 is 11.1. The molecule has 1 heterocycles. The molecule has 0 aliphatic heterocycles. The molecule has 7 heteroatoms. The minimum atomic E-state index is -0.785. The molecule has 0 bridgehead atoms. The lowest BCUT2D eigenvalue weighted by molar-refractivity contribution is -0.122. The number of anilines is 1. The van der Waals surface area contributed by atoms with Gasteiger partial charge in [0.2, 0.25) is 0 Å². The SMILES string of the molecule is CCOC(=O)c1c(-c2ccc(C)c(C)c2)csc1NC(=O)C(C)Oc1cc(C)c(Cl)c(C)c1. The highest BCUT2D eigenvalue weighted by Crippen LogP contribution is 2.37. The summed E-state index contributed by atoms with van der Waals surface area (Å²) >= 11 is 7.51. The van der Waals surface area contributed by atoms with Gasteiger partial charge >= 0.3 is 5.97 Å². The van der Waals surface area contributed by atoms with Crippen LogP contribution in [0.25, 0.3) is 11.1 Å². The summed E-state index contributed by atoms with van der Waals surface area (Å²) in [5.41, 5.74) is 6.02. The number of amides is 1. The van der Waals surface area contributed by atoms with E-state index in [-0.39, 0.29) is 12.5 Å². The number of carbonyl (C=O) groups is 2. The fourth-order valence-corrected chi connectivity index (χ4v) is 4.49. The van der Waals surface area contributed by atoms with E-state index in [0.717, 1.165) is 27.8 Å². The first kappa shape index (κ1) is 24.8. The number of halogens is 1. The second-order valence-corrected chi connectivity index (χ2v) is 9.25. The summed E-state index contributed by atoms with van der Waals surface area (Å²) in [5, 5.41) is 5.83. The Hall–Kier alpha value is -2.83. The van der Waals surface area contributed by atoms with Crippen LogP contribution in [0.2, 0.25) is 5.02 Å². The van der Waals surface area contributed by atoms with Gasteiger partial charge in [-0.05, 0) is 81.5 Å². The van der Waals surface area contributed by atoms with Crippen molar-refractivity contribution in [2.45, 2.75) is 47.6 Å². The van der Waals surface area contributed by atoms with Crippen molar-refractivity contribution in [3.05, 3.63) is 68.6 Å². The van der Waals surface area contributed by atoms with Crippen LogP contribution >= 0.6 is 22.9 Å². The predicted molar refractivity (Wildman–Crippen MR) is 135 cm³/mol. The summed E-state index contributed by atoms with van der Waals surface area (Å²) in [4.78, 5) is 25.7. The molecule has 1 atom stereocenters. The fourth-order valence-electron chi connectivity index (χ4n) is 3.42. The molecular weight excluding hydrogens is 458 g/mol. The van der Waals surface area contributed by atoms with Crippen LogP contribution in [0.1, 0.15) is 46.5 Å². The third kappa shape index (κ3) is 5.57. The van der Waals surface area contributed by atoms with E-state index in [2.05, 4.69) is 5.32 Å². The Balaban J connectivity index is 1.87. The maximum absolute atomic E-state index is 12.9. The first-order chi connectivity index (χ1) is 15.6. The predicted octanol–water partition coefficient (Wildman–Crippen LogP) is 6.88. The third-order valence-electron chi connectivity index (χ3n) is 5.42. The van der Waals surface area contributed by atoms with Crippen LogP contribution in [-0.2, 0) is 9.53 Å². The molecule has 0 spiro atoms. The van der Waals surface area contributed by atoms with E-state index in [1.807, 2.05) is 51.3 Å². The zero-order valence-corrected chi connectivity index (χ0v) is 21.2. The van der Waals surface area contributed by atoms with Crippen LogP contribution in [0.5, 0.6) is 5.75 Å². The highest BCUT2D eigenvalue weighted by molar-refractivity contribution is 7.15. The number of hydrogen-bond acceptors (Lipinski definition) is 5. The lowest BCUT2D eigenvalue weighted by Gasteiger charge is -2.16. The Morgan fingerprint density at radius 2 is 1.70 bits per heavy atom. The molecule has 5 nitrogen and oxygen atoms in total. The Morgan fingerprint density at radius 3 is 2.30 bits per heavy atom. The summed E-state index contributed by atoms with van der Waals surface area (Å²) in [6.07, 6.45) is -0.785. The molecule has 0 saturated carbocycles. The van der Waals surface area contributed by atoms with Gasteiger partial charge in [-0.2, -0.15) is 0 Å². The molecule has 0 aliphatic rings. The van der Waals surface area contributed by atoms with Gasteiger partial charge in [-0.15, -0.1) is 11.3 Å². The van der Waals surface area contributed by atoms with E-state index in [4.69, 9.17) is 21.1 Å². The second kappa shape index (κ2) is 10.4. The largest absolute Gasteiger partial charge is 0.481 e. The number of nitrogens with one attached hydrogen (secondary N) is 1. The highest BCUT2D eigenvalue weighted by Gasteiger charge is 2.25. The van der Waals surface area contributed by atoms with Crippen molar-refractivity contribution in [1.29, 1.82) is 0 Å². The van der Waals surface area contributed by atoms with Gasteiger partial charge in [0.1, 0.15) is 16.3 Å². The number of hydrogen-bond donors (Lipinski definition) is 1. The fraction of sp³-hybridized carbons (Fsp3) is 0.308. The van der Waals surface area contributed by atoms with Crippen LogP contribution in [0.3, 0.4) is 0 Å². The maximum Gasteiger partial charge on any atom is 0.341 e. The molecule has 33 heavy (non-hydrogen) atoms. The number of aryl methyl sites for hydroxylation is 4. The maximum atomic E-state index is 12.9. The Labute approximate surface area is 203 Å². The van der Waals surface area contributed by atoms with Gasteiger partial charge in [-0.1, -0.05) is 29.8 Å². The third-order valence-corrected chi connectivity index (χ3v) is 6.91. The molecule has 3 rings (SSSR count). The standard InChI is InChI=1S/C26H28ClNO4S/c1-7-31-26(30)22-21(19-9-8-14(2)15(3)10-19)13-33-25(22)28-24(29)18(6)32-20-11-16(4)23(27)17(5)12-20/h8-13,18H,7H2,1-6H3,(H,28,29). The summed E-state index contributed by atoms with van der Waals surface area (Å²) in [5.74, 6) is -0.274. The van der Waals surface area contributed by atoms with Crippen molar-refractivity contribution >= 4 is 39.8 Å². The van der Waals surface area contributed by atoms with Crippen LogP contribution in [-0.4, -0.2) is 24.6 Å². The van der Waals surface area contributed by atoms with Crippen molar-refractivity contribution in [1.82, 2.24) is 0 Å². The topological polar surface area (TPSA) is 64.6 Å². The first-order valence-electron chi connectivity index (χ1n) is 10.7. The van der Waals surface area contributed by atoms with Gasteiger partial charge in [0.05, 0.1) is 6.61 Å². The zero-order chi connectivity index (χ0) is 24.3. The lowest BCUT2D eigenvalue weighted by atomic mass is 9.99. The van der Waals surface area contributed by atoms with Crippen molar-refractivity contribution in [2.75, 3.05) is 11.9 Å². The Bertz CT molecular complexity index is 1180. The van der Waals surface area contributed by atoms with Gasteiger partial charge in [-0.25, -0.2) is 4.79 Å². The molecule has 1 N–H and O–H groups in total. The van der Waals surface area contributed by atoms with Crippen molar-refractivity contribution in [3.63, 3.8) is 0 Å². The van der Waals surface area contributed by atoms with Crippen LogP contribution in [0.4, 0.5) is 5.00 Å². The van der Waals surface area contributed by atoms with Gasteiger partial charge in [0.25, 0.3) is 5.91 Å². The lowest BCUT2D eigenvalue weighted by Crippen LogP contribution is -2.30. The number of ether oxygens (including phenoxy) is 2. The number of carbonyl (C=O) groups excluding carboxylic acids is 2. The van der Waals surface area contributed by atoms with Gasteiger partial charge in [0, 0.05) is 16.0 Å². The average Bonchev–Trinajstić information content (AvgIpc) is 3.17. The average molecular weight is 486 g/mol. The smallest absolute Gasteiger partial charge is 0.341 e. The van der Waals surface area contributed by atoms with Crippen LogP contribution < -0.4 is 10.1 Å².